The Morgan fingerprint density at radius 3 is 2.44 bits per heavy atom. The molecular formula is C10H9F3INO. The fourth-order valence-corrected chi connectivity index (χ4v) is 1.99. The van der Waals surface area contributed by atoms with E-state index in [0.717, 1.165) is 0 Å². The van der Waals surface area contributed by atoms with Crippen LogP contribution in [0, 0.1) is 3.57 Å². The van der Waals surface area contributed by atoms with E-state index in [-0.39, 0.29) is 22.6 Å². The van der Waals surface area contributed by atoms with Crippen LogP contribution in [-0.2, 0) is 6.42 Å². The zero-order chi connectivity index (χ0) is 12.5. The first-order chi connectivity index (χ1) is 7.20. The van der Waals surface area contributed by atoms with Crippen LogP contribution in [0.5, 0.6) is 0 Å². The maximum atomic E-state index is 12.2. The molecule has 0 aliphatic heterocycles. The summed E-state index contributed by atoms with van der Waals surface area (Å²) in [5, 5.41) is 0. The Labute approximate surface area is 104 Å². The van der Waals surface area contributed by atoms with Gasteiger partial charge in [-0.15, -0.1) is 0 Å². The Kier molecular flexibility index (Phi) is 3.82. The number of nitrogen functional groups attached to an aromatic ring is 1. The van der Waals surface area contributed by atoms with Crippen molar-refractivity contribution in [3.63, 3.8) is 0 Å². The first-order valence-corrected chi connectivity index (χ1v) is 5.44. The molecule has 2 N–H and O–H groups in total. The van der Waals surface area contributed by atoms with E-state index in [1.54, 1.807) is 0 Å². The summed E-state index contributed by atoms with van der Waals surface area (Å²) < 4.78 is 37.0. The van der Waals surface area contributed by atoms with Gasteiger partial charge in [-0.25, -0.2) is 0 Å². The molecule has 6 heteroatoms. The number of carbonyl (C=O) groups excluding carboxylic acids is 1. The zero-order valence-corrected chi connectivity index (χ0v) is 10.5. The van der Waals surface area contributed by atoms with Gasteiger partial charge in [-0.1, -0.05) is 0 Å². The summed E-state index contributed by atoms with van der Waals surface area (Å²) in [7, 11) is 0. The number of ketones is 1. The third-order valence-electron chi connectivity index (χ3n) is 1.97. The number of hydrogen-bond acceptors (Lipinski definition) is 2. The van der Waals surface area contributed by atoms with Crippen LogP contribution in [0.1, 0.15) is 22.8 Å². The molecule has 0 aliphatic rings. The molecule has 2 nitrogen and oxygen atoms in total. The highest BCUT2D eigenvalue weighted by atomic mass is 127. The van der Waals surface area contributed by atoms with Gasteiger partial charge in [0.2, 0.25) is 0 Å². The quantitative estimate of drug-likeness (QED) is 0.509. The van der Waals surface area contributed by atoms with E-state index < -0.39 is 12.6 Å². The van der Waals surface area contributed by atoms with Gasteiger partial charge in [0.15, 0.2) is 5.78 Å². The van der Waals surface area contributed by atoms with Crippen LogP contribution in [0.3, 0.4) is 0 Å². The summed E-state index contributed by atoms with van der Waals surface area (Å²) >= 11 is 1.82. The van der Waals surface area contributed by atoms with Crippen molar-refractivity contribution in [2.45, 2.75) is 19.5 Å². The molecule has 1 aromatic rings. The minimum atomic E-state index is -4.28. The number of carbonyl (C=O) groups is 1. The summed E-state index contributed by atoms with van der Waals surface area (Å²) in [6, 6.07) is 2.54. The average Bonchev–Trinajstić information content (AvgIpc) is 2.07. The Morgan fingerprint density at radius 2 is 2.00 bits per heavy atom. The molecule has 0 amide bonds. The van der Waals surface area contributed by atoms with Crippen molar-refractivity contribution >= 4 is 34.1 Å². The topological polar surface area (TPSA) is 43.1 Å². The third-order valence-corrected chi connectivity index (χ3v) is 2.87. The van der Waals surface area contributed by atoms with Crippen LogP contribution in [0.4, 0.5) is 18.9 Å². The molecule has 0 spiro atoms. The highest BCUT2D eigenvalue weighted by molar-refractivity contribution is 14.1. The van der Waals surface area contributed by atoms with E-state index in [4.69, 9.17) is 5.73 Å². The van der Waals surface area contributed by atoms with E-state index in [2.05, 4.69) is 0 Å². The first kappa shape index (κ1) is 13.3. The van der Waals surface area contributed by atoms with Crippen LogP contribution in [0.15, 0.2) is 12.1 Å². The summed E-state index contributed by atoms with van der Waals surface area (Å²) in [4.78, 5) is 11.2. The molecule has 1 aromatic carbocycles. The minimum Gasteiger partial charge on any atom is -0.397 e. The fourth-order valence-electron chi connectivity index (χ4n) is 1.30. The largest absolute Gasteiger partial charge is 0.397 e. The lowest BCUT2D eigenvalue weighted by atomic mass is 10.0. The molecule has 0 atom stereocenters. The molecule has 0 fully saturated rings. The smallest absolute Gasteiger partial charge is 0.393 e. The van der Waals surface area contributed by atoms with E-state index in [1.165, 1.54) is 19.1 Å². The van der Waals surface area contributed by atoms with Gasteiger partial charge in [0.1, 0.15) is 0 Å². The Hall–Kier alpha value is -0.790. The number of benzene rings is 1. The lowest BCUT2D eigenvalue weighted by molar-refractivity contribution is -0.127. The molecule has 16 heavy (non-hydrogen) atoms. The Balaban J connectivity index is 3.19. The maximum absolute atomic E-state index is 12.2. The van der Waals surface area contributed by atoms with Crippen molar-refractivity contribution in [3.05, 3.63) is 26.8 Å². The first-order valence-electron chi connectivity index (χ1n) is 4.36. The summed E-state index contributed by atoms with van der Waals surface area (Å²) in [5.41, 5.74) is 6.04. The van der Waals surface area contributed by atoms with Gasteiger partial charge in [-0.05, 0) is 47.2 Å². The second-order valence-electron chi connectivity index (χ2n) is 3.39. The number of alkyl halides is 3. The molecule has 0 aromatic heterocycles. The lowest BCUT2D eigenvalue weighted by Gasteiger charge is -2.10. The van der Waals surface area contributed by atoms with Gasteiger partial charge < -0.3 is 5.73 Å². The van der Waals surface area contributed by atoms with E-state index in [0.29, 0.717) is 3.57 Å². The van der Waals surface area contributed by atoms with E-state index in [9.17, 15) is 18.0 Å². The average molecular weight is 343 g/mol. The molecule has 0 aliphatic carbocycles. The van der Waals surface area contributed by atoms with Crippen LogP contribution in [-0.4, -0.2) is 12.0 Å². The van der Waals surface area contributed by atoms with E-state index in [1.807, 2.05) is 22.6 Å². The van der Waals surface area contributed by atoms with Gasteiger partial charge in [0.05, 0.1) is 12.1 Å². The molecule has 0 unspecified atom stereocenters. The normalized spacial score (nSPS) is 11.6. The number of anilines is 1. The predicted molar refractivity (Wildman–Crippen MR) is 63.3 cm³/mol. The lowest BCUT2D eigenvalue weighted by Crippen LogP contribution is -2.13. The SMILES string of the molecule is CC(=O)c1cc(CC(F)(F)F)cc(I)c1N. The number of rotatable bonds is 2. The van der Waals surface area contributed by atoms with Crippen LogP contribution in [0.2, 0.25) is 0 Å². The van der Waals surface area contributed by atoms with Crippen molar-refractivity contribution in [1.82, 2.24) is 0 Å². The monoisotopic (exact) mass is 343 g/mol. The number of hydrogen-bond donors (Lipinski definition) is 1. The van der Waals surface area contributed by atoms with Crippen LogP contribution >= 0.6 is 22.6 Å². The molecule has 88 valence electrons. The molecule has 0 heterocycles. The number of Topliss-reactive ketones (excluding diaryl/α,β-unsaturated/α-hetero) is 1. The highest BCUT2D eigenvalue weighted by Gasteiger charge is 2.28. The fraction of sp³-hybridized carbons (Fsp3) is 0.300. The van der Waals surface area contributed by atoms with Gasteiger partial charge in [0.25, 0.3) is 0 Å². The van der Waals surface area contributed by atoms with E-state index >= 15 is 0 Å². The summed E-state index contributed by atoms with van der Waals surface area (Å²) in [6.07, 6.45) is -5.34. The molecule has 0 radical (unpaired) electrons. The standard InChI is InChI=1S/C10H9F3INO/c1-5(16)7-2-6(4-10(11,12)13)3-8(14)9(7)15/h2-3H,4,15H2,1H3. The molecule has 0 bridgehead atoms. The minimum absolute atomic E-state index is 0.0521. The van der Waals surface area contributed by atoms with Crippen molar-refractivity contribution in [2.24, 2.45) is 0 Å². The Morgan fingerprint density at radius 1 is 1.44 bits per heavy atom. The second-order valence-corrected chi connectivity index (χ2v) is 4.55. The predicted octanol–water partition coefficient (Wildman–Crippen LogP) is 3.18. The third kappa shape index (κ3) is 3.36. The summed E-state index contributed by atoms with van der Waals surface area (Å²) in [6.45, 7) is 1.28. The maximum Gasteiger partial charge on any atom is 0.393 e. The molecule has 1 rings (SSSR count). The van der Waals surface area contributed by atoms with Gasteiger partial charge in [0, 0.05) is 9.13 Å². The Bertz CT molecular complexity index is 429. The second kappa shape index (κ2) is 4.60. The van der Waals surface area contributed by atoms with Crippen LogP contribution in [0.25, 0.3) is 0 Å². The van der Waals surface area contributed by atoms with Gasteiger partial charge in [-0.3, -0.25) is 4.79 Å². The number of nitrogens with two attached hydrogens (primary N) is 1. The highest BCUT2D eigenvalue weighted by Crippen LogP contribution is 2.27. The molecular weight excluding hydrogens is 334 g/mol. The summed E-state index contributed by atoms with van der Waals surface area (Å²) in [5.74, 6) is -0.334. The van der Waals surface area contributed by atoms with Crippen molar-refractivity contribution < 1.29 is 18.0 Å². The van der Waals surface area contributed by atoms with Crippen molar-refractivity contribution in [3.8, 4) is 0 Å². The zero-order valence-electron chi connectivity index (χ0n) is 8.36. The van der Waals surface area contributed by atoms with Gasteiger partial charge >= 0.3 is 6.18 Å². The van der Waals surface area contributed by atoms with Gasteiger partial charge in [-0.2, -0.15) is 13.2 Å². The number of halogens is 4. The molecule has 0 saturated heterocycles. The molecule has 0 saturated carbocycles. The van der Waals surface area contributed by atoms with Crippen molar-refractivity contribution in [1.29, 1.82) is 0 Å². The van der Waals surface area contributed by atoms with Crippen LogP contribution < -0.4 is 5.73 Å². The van der Waals surface area contributed by atoms with Crippen molar-refractivity contribution in [2.75, 3.05) is 5.73 Å².